The molecule has 1 rings (SSSR count). The molecule has 0 aromatic heterocycles. The summed E-state index contributed by atoms with van der Waals surface area (Å²) >= 11 is 0. The van der Waals surface area contributed by atoms with Gasteiger partial charge in [-0.05, 0) is 82.6 Å². The number of hydrogen-bond donors (Lipinski definition) is 1. The summed E-state index contributed by atoms with van der Waals surface area (Å²) in [6.07, 6.45) is 11.5. The molecule has 1 N–H and O–H groups in total. The second kappa shape index (κ2) is 8.73. The normalized spacial score (nSPS) is 27.0. The van der Waals surface area contributed by atoms with Gasteiger partial charge >= 0.3 is 6.16 Å². The summed E-state index contributed by atoms with van der Waals surface area (Å²) in [5.74, 6) is 1.58. The number of rotatable bonds is 7. The Bertz CT molecular complexity index is 463. The van der Waals surface area contributed by atoms with Gasteiger partial charge in [-0.25, -0.2) is 4.79 Å². The molecule has 1 atom stereocenters. The van der Waals surface area contributed by atoms with E-state index >= 15 is 0 Å². The average Bonchev–Trinajstić information content (AvgIpc) is 2.45. The minimum absolute atomic E-state index is 0.158. The number of allylic oxidation sites excluding steroid dienone is 3. The first-order valence-electron chi connectivity index (χ1n) is 9.31. The van der Waals surface area contributed by atoms with Crippen LogP contribution in [0.15, 0.2) is 23.8 Å². The first-order chi connectivity index (χ1) is 11.1. The molecule has 0 aliphatic heterocycles. The van der Waals surface area contributed by atoms with Crippen molar-refractivity contribution in [3.8, 4) is 0 Å². The van der Waals surface area contributed by atoms with Crippen LogP contribution in [-0.2, 0) is 4.74 Å². The van der Waals surface area contributed by atoms with Gasteiger partial charge in [0.1, 0.15) is 5.60 Å². The molecule has 1 fully saturated rings. The Hall–Kier alpha value is -1.25. The van der Waals surface area contributed by atoms with E-state index in [0.29, 0.717) is 6.42 Å². The largest absolute Gasteiger partial charge is 0.506 e. The van der Waals surface area contributed by atoms with E-state index in [9.17, 15) is 4.79 Å². The summed E-state index contributed by atoms with van der Waals surface area (Å²) in [4.78, 5) is 11.1. The standard InChI is InChI=1S/C21H36O3/c1-16(2)8-7-11-21(6,24-19(22)23)15-14-20(5)12-9-18(10-13-20)17(3)4/h8,14-15,17-18H,7,9-13H2,1-6H3,(H,22,23). The van der Waals surface area contributed by atoms with Gasteiger partial charge in [0.15, 0.2) is 0 Å². The predicted octanol–water partition coefficient (Wildman–Crippen LogP) is 6.59. The quantitative estimate of drug-likeness (QED) is 0.421. The molecule has 3 heteroatoms. The molecule has 24 heavy (non-hydrogen) atoms. The zero-order chi connectivity index (χ0) is 18.4. The fraction of sp³-hybridized carbons (Fsp3) is 0.762. The highest BCUT2D eigenvalue weighted by Crippen LogP contribution is 2.42. The van der Waals surface area contributed by atoms with Crippen molar-refractivity contribution < 1.29 is 14.6 Å². The van der Waals surface area contributed by atoms with Gasteiger partial charge in [0.2, 0.25) is 0 Å². The summed E-state index contributed by atoms with van der Waals surface area (Å²) < 4.78 is 5.22. The van der Waals surface area contributed by atoms with Crippen LogP contribution in [0.2, 0.25) is 0 Å². The van der Waals surface area contributed by atoms with Crippen LogP contribution in [0, 0.1) is 17.3 Å². The monoisotopic (exact) mass is 336 g/mol. The van der Waals surface area contributed by atoms with E-state index in [1.807, 2.05) is 13.0 Å². The van der Waals surface area contributed by atoms with Crippen molar-refractivity contribution >= 4 is 6.16 Å². The van der Waals surface area contributed by atoms with E-state index in [2.05, 4.69) is 46.8 Å². The highest BCUT2D eigenvalue weighted by atomic mass is 16.7. The van der Waals surface area contributed by atoms with Crippen LogP contribution < -0.4 is 0 Å². The van der Waals surface area contributed by atoms with Crippen molar-refractivity contribution in [2.75, 3.05) is 0 Å². The Morgan fingerprint density at radius 1 is 1.33 bits per heavy atom. The lowest BCUT2D eigenvalue weighted by atomic mass is 9.68. The smallest absolute Gasteiger partial charge is 0.450 e. The molecule has 0 spiro atoms. The van der Waals surface area contributed by atoms with E-state index in [-0.39, 0.29) is 5.41 Å². The topological polar surface area (TPSA) is 46.5 Å². The second-order valence-corrected chi connectivity index (χ2v) is 8.57. The van der Waals surface area contributed by atoms with Crippen LogP contribution in [0.4, 0.5) is 4.79 Å². The molecular weight excluding hydrogens is 300 g/mol. The van der Waals surface area contributed by atoms with Gasteiger partial charge in [0, 0.05) is 0 Å². The van der Waals surface area contributed by atoms with Crippen molar-refractivity contribution in [2.45, 2.75) is 85.7 Å². The summed E-state index contributed by atoms with van der Waals surface area (Å²) in [5, 5.41) is 9.08. The molecule has 1 saturated carbocycles. The number of carboxylic acid groups (broad SMARTS) is 1. The molecule has 3 nitrogen and oxygen atoms in total. The lowest BCUT2D eigenvalue weighted by Crippen LogP contribution is -2.30. The molecule has 0 bridgehead atoms. The molecule has 0 saturated heterocycles. The Morgan fingerprint density at radius 3 is 2.38 bits per heavy atom. The molecule has 0 aromatic rings. The van der Waals surface area contributed by atoms with Crippen LogP contribution >= 0.6 is 0 Å². The van der Waals surface area contributed by atoms with E-state index < -0.39 is 11.8 Å². The third-order valence-corrected chi connectivity index (χ3v) is 5.47. The summed E-state index contributed by atoms with van der Waals surface area (Å²) in [5.41, 5.74) is 0.649. The van der Waals surface area contributed by atoms with Crippen LogP contribution in [0.3, 0.4) is 0 Å². The molecule has 0 aromatic carbocycles. The lowest BCUT2D eigenvalue weighted by Gasteiger charge is -2.37. The Balaban J connectivity index is 2.76. The molecule has 0 amide bonds. The minimum atomic E-state index is -1.20. The van der Waals surface area contributed by atoms with E-state index in [1.165, 1.54) is 31.3 Å². The van der Waals surface area contributed by atoms with Crippen LogP contribution in [0.25, 0.3) is 0 Å². The predicted molar refractivity (Wildman–Crippen MR) is 100 cm³/mol. The van der Waals surface area contributed by atoms with Gasteiger partial charge in [0.25, 0.3) is 0 Å². The van der Waals surface area contributed by atoms with Gasteiger partial charge < -0.3 is 9.84 Å². The SMILES string of the molecule is CC(C)=CCCC(C)(C=CC1(C)CCC(C(C)C)CC1)OC(=O)O. The molecule has 1 aliphatic rings. The molecule has 0 radical (unpaired) electrons. The first kappa shape index (κ1) is 20.8. The molecule has 0 heterocycles. The zero-order valence-electron chi connectivity index (χ0n) is 16.4. The maximum Gasteiger partial charge on any atom is 0.506 e. The number of ether oxygens (including phenoxy) is 1. The number of carbonyl (C=O) groups is 1. The van der Waals surface area contributed by atoms with Gasteiger partial charge in [-0.15, -0.1) is 0 Å². The van der Waals surface area contributed by atoms with E-state index in [0.717, 1.165) is 18.3 Å². The van der Waals surface area contributed by atoms with Gasteiger partial charge in [-0.2, -0.15) is 0 Å². The average molecular weight is 337 g/mol. The maximum absolute atomic E-state index is 11.1. The molecule has 138 valence electrons. The van der Waals surface area contributed by atoms with Crippen LogP contribution in [0.1, 0.15) is 80.1 Å². The summed E-state index contributed by atoms with van der Waals surface area (Å²) in [7, 11) is 0. The molecule has 1 unspecified atom stereocenters. The van der Waals surface area contributed by atoms with Gasteiger partial charge in [-0.3, -0.25) is 0 Å². The first-order valence-corrected chi connectivity index (χ1v) is 9.31. The van der Waals surface area contributed by atoms with Crippen LogP contribution in [0.5, 0.6) is 0 Å². The van der Waals surface area contributed by atoms with Gasteiger partial charge in [0.05, 0.1) is 0 Å². The van der Waals surface area contributed by atoms with Crippen molar-refractivity contribution in [3.05, 3.63) is 23.8 Å². The third kappa shape index (κ3) is 7.11. The fourth-order valence-corrected chi connectivity index (χ4v) is 3.53. The minimum Gasteiger partial charge on any atom is -0.450 e. The third-order valence-electron chi connectivity index (χ3n) is 5.47. The van der Waals surface area contributed by atoms with Crippen molar-refractivity contribution in [2.24, 2.45) is 17.3 Å². The van der Waals surface area contributed by atoms with Crippen molar-refractivity contribution in [1.82, 2.24) is 0 Å². The van der Waals surface area contributed by atoms with Crippen molar-refractivity contribution in [3.63, 3.8) is 0 Å². The highest BCUT2D eigenvalue weighted by Gasteiger charge is 2.32. The fourth-order valence-electron chi connectivity index (χ4n) is 3.53. The molecular formula is C21H36O3. The number of hydrogen-bond acceptors (Lipinski definition) is 2. The summed E-state index contributed by atoms with van der Waals surface area (Å²) in [6, 6.07) is 0. The Kier molecular flexibility index (Phi) is 7.56. The summed E-state index contributed by atoms with van der Waals surface area (Å²) in [6.45, 7) is 12.9. The van der Waals surface area contributed by atoms with Gasteiger partial charge in [-0.1, -0.05) is 38.5 Å². The Labute approximate surface area is 148 Å². The van der Waals surface area contributed by atoms with E-state index in [1.54, 1.807) is 0 Å². The second-order valence-electron chi connectivity index (χ2n) is 8.57. The van der Waals surface area contributed by atoms with E-state index in [4.69, 9.17) is 9.84 Å². The lowest BCUT2D eigenvalue weighted by molar-refractivity contribution is 0.0159. The van der Waals surface area contributed by atoms with Crippen molar-refractivity contribution in [1.29, 1.82) is 0 Å². The van der Waals surface area contributed by atoms with Crippen LogP contribution in [-0.4, -0.2) is 16.9 Å². The molecule has 1 aliphatic carbocycles. The Morgan fingerprint density at radius 2 is 1.92 bits per heavy atom. The maximum atomic E-state index is 11.1. The highest BCUT2D eigenvalue weighted by molar-refractivity contribution is 5.58. The zero-order valence-corrected chi connectivity index (χ0v) is 16.4.